The molecule has 0 aromatic heterocycles. The van der Waals surface area contributed by atoms with Gasteiger partial charge in [0.2, 0.25) is 0 Å². The van der Waals surface area contributed by atoms with Crippen LogP contribution in [0.3, 0.4) is 0 Å². The van der Waals surface area contributed by atoms with Crippen LogP contribution in [0.15, 0.2) is 60.8 Å². The smallest absolute Gasteiger partial charge is 0.306 e. The maximum Gasteiger partial charge on any atom is 0.306 e. The van der Waals surface area contributed by atoms with Gasteiger partial charge in [0.25, 0.3) is 10.1 Å². The van der Waals surface area contributed by atoms with Crippen molar-refractivity contribution >= 4 is 22.1 Å². The molecule has 1 aliphatic heterocycles. The van der Waals surface area contributed by atoms with Crippen LogP contribution in [-0.4, -0.2) is 96.0 Å². The van der Waals surface area contributed by atoms with Crippen molar-refractivity contribution in [3.05, 3.63) is 60.8 Å². The lowest BCUT2D eigenvalue weighted by molar-refractivity contribution is -0.297. The fraction of sp³-hybridized carbons (Fsp3) is 0.727. The van der Waals surface area contributed by atoms with Crippen LogP contribution < -0.4 is 0 Å². The molecule has 0 radical (unpaired) electrons. The molecule has 1 rings (SSSR count). The average molecular weight is 827 g/mol. The zero-order valence-electron chi connectivity index (χ0n) is 34.7. The van der Waals surface area contributed by atoms with Crippen LogP contribution in [0.5, 0.6) is 0 Å². The Morgan fingerprint density at radius 2 is 1.11 bits per heavy atom. The predicted molar refractivity (Wildman–Crippen MR) is 224 cm³/mol. The van der Waals surface area contributed by atoms with Crippen LogP contribution in [0.1, 0.15) is 149 Å². The van der Waals surface area contributed by atoms with Crippen molar-refractivity contribution in [2.45, 2.75) is 185 Å². The fourth-order valence-electron chi connectivity index (χ4n) is 6.00. The van der Waals surface area contributed by atoms with Gasteiger partial charge in [-0.2, -0.15) is 8.42 Å². The van der Waals surface area contributed by atoms with Crippen LogP contribution >= 0.6 is 0 Å². The average Bonchev–Trinajstić information content (AvgIpc) is 3.17. The minimum atomic E-state index is -4.61. The number of aliphatic hydroxyl groups is 3. The first-order chi connectivity index (χ1) is 27.5. The molecule has 0 amide bonds. The lowest BCUT2D eigenvalue weighted by Crippen LogP contribution is -2.60. The Bertz CT molecular complexity index is 1290. The number of rotatable bonds is 34. The number of carbonyl (C=O) groups is 2. The fourth-order valence-corrected chi connectivity index (χ4v) is 6.69. The number of allylic oxidation sites excluding steroid dienone is 10. The zero-order valence-corrected chi connectivity index (χ0v) is 35.5. The van der Waals surface area contributed by atoms with E-state index >= 15 is 0 Å². The highest BCUT2D eigenvalue weighted by atomic mass is 32.2. The van der Waals surface area contributed by atoms with E-state index in [1.165, 1.54) is 12.8 Å². The summed E-state index contributed by atoms with van der Waals surface area (Å²) < 4.78 is 53.9. The summed E-state index contributed by atoms with van der Waals surface area (Å²) in [7, 11) is -4.61. The minimum Gasteiger partial charge on any atom is -0.462 e. The molecule has 6 atom stereocenters. The van der Waals surface area contributed by atoms with Gasteiger partial charge in [0.15, 0.2) is 12.4 Å². The standard InChI is InChI=1S/C44H74O12S/c1-3-5-7-9-11-13-15-17-19-21-22-24-26-28-30-32-39(45)53-34-37(35-54-44-43(49)42(48)41(47)38(56-44)36-57(50,51)52)55-40(46)33-31-29-27-25-23-20-18-16-14-12-10-8-6-4-2/h5,7,10-13,16-19,37-38,41-44,47-49H,3-4,6,8-9,14-15,20-36H2,1-2H3,(H,50,51,52)/b7-5+,12-10+,13-11+,18-16+,19-17+/t37-,38-,41-,42?,43?,44+/m1/s1. The Morgan fingerprint density at radius 1 is 0.614 bits per heavy atom. The third-order valence-electron chi connectivity index (χ3n) is 9.33. The number of unbranched alkanes of at least 4 members (excludes halogenated alkanes) is 12. The van der Waals surface area contributed by atoms with Gasteiger partial charge >= 0.3 is 11.9 Å². The number of esters is 2. The molecular weight excluding hydrogens is 753 g/mol. The molecule has 0 aromatic carbocycles. The van der Waals surface area contributed by atoms with E-state index in [9.17, 15) is 37.9 Å². The molecule has 0 aromatic rings. The van der Waals surface area contributed by atoms with E-state index in [0.29, 0.717) is 12.8 Å². The van der Waals surface area contributed by atoms with Gasteiger partial charge in [-0.1, -0.05) is 126 Å². The maximum absolute atomic E-state index is 12.8. The summed E-state index contributed by atoms with van der Waals surface area (Å²) in [4.78, 5) is 25.3. The maximum atomic E-state index is 12.8. The van der Waals surface area contributed by atoms with Crippen molar-refractivity contribution in [1.29, 1.82) is 0 Å². The third kappa shape index (κ3) is 29.2. The number of aliphatic hydroxyl groups excluding tert-OH is 3. The minimum absolute atomic E-state index is 0.141. The van der Waals surface area contributed by atoms with Gasteiger partial charge in [0, 0.05) is 12.8 Å². The molecule has 0 bridgehead atoms. The Hall–Kier alpha value is -2.65. The molecule has 0 saturated carbocycles. The summed E-state index contributed by atoms with van der Waals surface area (Å²) in [6, 6.07) is 0. The predicted octanol–water partition coefficient (Wildman–Crippen LogP) is 8.17. The quantitative estimate of drug-likeness (QED) is 0.0211. The molecule has 12 nitrogen and oxygen atoms in total. The Balaban J connectivity index is 2.50. The number of hydrogen-bond donors (Lipinski definition) is 4. The van der Waals surface area contributed by atoms with Gasteiger partial charge in [0.1, 0.15) is 36.8 Å². The van der Waals surface area contributed by atoms with Crippen molar-refractivity contribution in [3.8, 4) is 0 Å². The first-order valence-electron chi connectivity index (χ1n) is 21.3. The van der Waals surface area contributed by atoms with Gasteiger partial charge in [-0.05, 0) is 70.6 Å². The summed E-state index contributed by atoms with van der Waals surface area (Å²) in [6.45, 7) is 3.56. The molecule has 328 valence electrons. The highest BCUT2D eigenvalue weighted by molar-refractivity contribution is 7.85. The number of ether oxygens (including phenoxy) is 4. The van der Waals surface area contributed by atoms with Gasteiger partial charge in [0.05, 0.1) is 6.61 Å². The SMILES string of the molecule is CC/C=C/C/C=C/C/C=C/CCCCCCCC(=O)OC[C@H](CO[C@H]1O[C@H](CS(=O)(=O)O)[C@@H](O)C(O)C1O)OC(=O)CCCCCCC/C=C/C/C=C/CCCC. The van der Waals surface area contributed by atoms with Crippen molar-refractivity contribution < 1.29 is 56.8 Å². The van der Waals surface area contributed by atoms with Crippen LogP contribution in [-0.2, 0) is 38.7 Å². The normalized spacial score (nSPS) is 21.1. The van der Waals surface area contributed by atoms with E-state index in [1.807, 2.05) is 0 Å². The summed E-state index contributed by atoms with van der Waals surface area (Å²) in [5, 5.41) is 30.8. The van der Waals surface area contributed by atoms with Crippen LogP contribution in [0, 0.1) is 0 Å². The molecule has 0 spiro atoms. The van der Waals surface area contributed by atoms with E-state index in [-0.39, 0.29) is 19.4 Å². The summed E-state index contributed by atoms with van der Waals surface area (Å²) in [5.41, 5.74) is 0. The van der Waals surface area contributed by atoms with E-state index in [2.05, 4.69) is 74.6 Å². The van der Waals surface area contributed by atoms with Crippen molar-refractivity contribution in [3.63, 3.8) is 0 Å². The van der Waals surface area contributed by atoms with E-state index < -0.39 is 71.2 Å². The molecule has 57 heavy (non-hydrogen) atoms. The molecular formula is C44H74O12S. The summed E-state index contributed by atoms with van der Waals surface area (Å²) >= 11 is 0. The van der Waals surface area contributed by atoms with Crippen LogP contribution in [0.2, 0.25) is 0 Å². The first-order valence-corrected chi connectivity index (χ1v) is 23.0. The van der Waals surface area contributed by atoms with E-state index in [0.717, 1.165) is 96.3 Å². The molecule has 13 heteroatoms. The molecule has 1 aliphatic rings. The molecule has 1 heterocycles. The van der Waals surface area contributed by atoms with Crippen molar-refractivity contribution in [2.24, 2.45) is 0 Å². The van der Waals surface area contributed by atoms with Gasteiger partial charge in [-0.3, -0.25) is 14.1 Å². The molecule has 4 N–H and O–H groups in total. The highest BCUT2D eigenvalue weighted by Gasteiger charge is 2.46. The van der Waals surface area contributed by atoms with E-state index in [1.54, 1.807) is 0 Å². The van der Waals surface area contributed by atoms with Crippen LogP contribution in [0.4, 0.5) is 0 Å². The van der Waals surface area contributed by atoms with Crippen LogP contribution in [0.25, 0.3) is 0 Å². The summed E-state index contributed by atoms with van der Waals surface area (Å²) in [5.74, 6) is -2.03. The Morgan fingerprint density at radius 3 is 1.65 bits per heavy atom. The monoisotopic (exact) mass is 826 g/mol. The van der Waals surface area contributed by atoms with Gasteiger partial charge in [-0.25, -0.2) is 0 Å². The first kappa shape index (κ1) is 52.4. The third-order valence-corrected chi connectivity index (χ3v) is 10.1. The number of carbonyl (C=O) groups excluding carboxylic acids is 2. The number of hydrogen-bond acceptors (Lipinski definition) is 11. The second-order valence-electron chi connectivity index (χ2n) is 14.6. The van der Waals surface area contributed by atoms with Crippen molar-refractivity contribution in [2.75, 3.05) is 19.0 Å². The largest absolute Gasteiger partial charge is 0.462 e. The van der Waals surface area contributed by atoms with Crippen molar-refractivity contribution in [1.82, 2.24) is 0 Å². The van der Waals surface area contributed by atoms with Gasteiger partial charge in [-0.15, -0.1) is 0 Å². The Labute approximate surface area is 343 Å². The molecule has 0 aliphatic carbocycles. The second kappa shape index (κ2) is 34.2. The lowest BCUT2D eigenvalue weighted by atomic mass is 10.00. The van der Waals surface area contributed by atoms with E-state index in [4.69, 9.17) is 18.9 Å². The zero-order chi connectivity index (χ0) is 42.0. The summed E-state index contributed by atoms with van der Waals surface area (Å²) in [6.07, 6.45) is 31.2. The molecule has 1 fully saturated rings. The lowest BCUT2D eigenvalue weighted by Gasteiger charge is -2.40. The second-order valence-corrected chi connectivity index (χ2v) is 16.1. The highest BCUT2D eigenvalue weighted by Crippen LogP contribution is 2.24. The Kier molecular flexibility index (Phi) is 31.5. The van der Waals surface area contributed by atoms with Gasteiger partial charge < -0.3 is 34.3 Å². The topological polar surface area (TPSA) is 186 Å². The molecule has 2 unspecified atom stereocenters. The molecule has 1 saturated heterocycles.